The summed E-state index contributed by atoms with van der Waals surface area (Å²) in [6.07, 6.45) is 4.07. The molecule has 0 radical (unpaired) electrons. The zero-order valence-corrected chi connectivity index (χ0v) is 17.3. The second-order valence-electron chi connectivity index (χ2n) is 9.24. The van der Waals surface area contributed by atoms with Gasteiger partial charge in [0.05, 0.1) is 17.8 Å². The van der Waals surface area contributed by atoms with Crippen molar-refractivity contribution in [2.24, 2.45) is 22.5 Å². The summed E-state index contributed by atoms with van der Waals surface area (Å²) < 4.78 is 27.1. The molecule has 2 saturated carbocycles. The molecule has 1 spiro atoms. The molecule has 2 aliphatic carbocycles. The molecule has 1 heterocycles. The molecular weight excluding hydrogens is 360 g/mol. The van der Waals surface area contributed by atoms with Crippen molar-refractivity contribution in [3.05, 3.63) is 35.4 Å². The van der Waals surface area contributed by atoms with E-state index in [0.29, 0.717) is 12.3 Å². The number of hydrogen-bond donors (Lipinski definition) is 1. The molecule has 27 heavy (non-hydrogen) atoms. The van der Waals surface area contributed by atoms with Crippen LogP contribution in [0, 0.1) is 16.7 Å². The highest BCUT2D eigenvalue weighted by molar-refractivity contribution is 7.90. The van der Waals surface area contributed by atoms with Crippen molar-refractivity contribution < 1.29 is 13.2 Å². The van der Waals surface area contributed by atoms with Gasteiger partial charge in [0.15, 0.2) is 0 Å². The largest absolute Gasteiger partial charge is 0.320 e. The van der Waals surface area contributed by atoms with E-state index in [1.165, 1.54) is 9.87 Å². The van der Waals surface area contributed by atoms with E-state index in [4.69, 9.17) is 5.73 Å². The summed E-state index contributed by atoms with van der Waals surface area (Å²) in [6.45, 7) is 6.46. The Bertz CT molecular complexity index is 862. The van der Waals surface area contributed by atoms with Gasteiger partial charge in [-0.15, -0.1) is 0 Å². The fourth-order valence-electron chi connectivity index (χ4n) is 5.99. The zero-order chi connectivity index (χ0) is 19.6. The van der Waals surface area contributed by atoms with Crippen molar-refractivity contribution in [2.75, 3.05) is 5.75 Å². The smallest absolute Gasteiger partial charge is 0.253 e. The number of fused-ring (bicyclic) bond motifs is 1. The fraction of sp³-hybridized carbons (Fsp3) is 0.667. The summed E-state index contributed by atoms with van der Waals surface area (Å²) in [5, 5.41) is 0. The van der Waals surface area contributed by atoms with Crippen molar-refractivity contribution in [1.82, 2.24) is 4.31 Å². The highest BCUT2D eigenvalue weighted by Crippen LogP contribution is 2.69. The Labute approximate surface area is 162 Å². The molecule has 4 atom stereocenters. The number of rotatable bonds is 4. The quantitative estimate of drug-likeness (QED) is 0.856. The Morgan fingerprint density at radius 1 is 1.26 bits per heavy atom. The van der Waals surface area contributed by atoms with E-state index < -0.39 is 22.0 Å². The van der Waals surface area contributed by atoms with Gasteiger partial charge in [0.25, 0.3) is 5.91 Å². The lowest BCUT2D eigenvalue weighted by atomic mass is 9.69. The SMILES string of the molecule is CCc1ccc(C[C@H](N)C(=O)N2[C@H]3C[C@@H]4CC[C@@]3(CS2(=O)=O)C4(C)C)cc1. The highest BCUT2D eigenvalue weighted by atomic mass is 32.2. The minimum absolute atomic E-state index is 0.0418. The fourth-order valence-corrected chi connectivity index (χ4v) is 8.58. The second-order valence-corrected chi connectivity index (χ2v) is 11.1. The molecule has 3 aliphatic rings. The van der Waals surface area contributed by atoms with E-state index in [1.54, 1.807) is 0 Å². The van der Waals surface area contributed by atoms with Gasteiger partial charge < -0.3 is 5.73 Å². The topological polar surface area (TPSA) is 80.5 Å². The second kappa shape index (κ2) is 6.05. The Morgan fingerprint density at radius 2 is 1.89 bits per heavy atom. The van der Waals surface area contributed by atoms with Crippen molar-refractivity contribution in [3.63, 3.8) is 0 Å². The highest BCUT2D eigenvalue weighted by Gasteiger charge is 2.72. The van der Waals surface area contributed by atoms with Crippen molar-refractivity contribution in [1.29, 1.82) is 0 Å². The summed E-state index contributed by atoms with van der Waals surface area (Å²) in [6, 6.07) is 6.99. The Morgan fingerprint density at radius 3 is 2.48 bits per heavy atom. The summed E-state index contributed by atoms with van der Waals surface area (Å²) in [5.41, 5.74) is 8.07. The van der Waals surface area contributed by atoms with Gasteiger partial charge in [0.2, 0.25) is 10.0 Å². The molecular formula is C21H30N2O3S. The molecule has 2 bridgehead atoms. The first kappa shape index (κ1) is 18.9. The van der Waals surface area contributed by atoms with Gasteiger partial charge in [0, 0.05) is 5.41 Å². The molecule has 1 aliphatic heterocycles. The maximum Gasteiger partial charge on any atom is 0.253 e. The van der Waals surface area contributed by atoms with E-state index in [-0.39, 0.29) is 22.6 Å². The van der Waals surface area contributed by atoms with Crippen LogP contribution in [0.3, 0.4) is 0 Å². The minimum atomic E-state index is -3.60. The van der Waals surface area contributed by atoms with E-state index in [0.717, 1.165) is 31.2 Å². The van der Waals surface area contributed by atoms with Gasteiger partial charge in [0.1, 0.15) is 0 Å². The van der Waals surface area contributed by atoms with Crippen LogP contribution < -0.4 is 5.73 Å². The average Bonchev–Trinajstić information content (AvgIpc) is 3.09. The Kier molecular flexibility index (Phi) is 4.24. The summed E-state index contributed by atoms with van der Waals surface area (Å²) in [5.74, 6) is 0.156. The van der Waals surface area contributed by atoms with Gasteiger partial charge >= 0.3 is 0 Å². The third-order valence-corrected chi connectivity index (χ3v) is 9.75. The van der Waals surface area contributed by atoms with Crippen LogP contribution in [-0.4, -0.2) is 36.5 Å². The third kappa shape index (κ3) is 2.59. The molecule has 1 saturated heterocycles. The maximum absolute atomic E-state index is 13.1. The molecule has 0 unspecified atom stereocenters. The number of carbonyl (C=O) groups excluding carboxylic acids is 1. The average molecular weight is 391 g/mol. The number of amides is 1. The monoisotopic (exact) mass is 390 g/mol. The van der Waals surface area contributed by atoms with E-state index in [1.807, 2.05) is 24.3 Å². The van der Waals surface area contributed by atoms with Crippen LogP contribution in [0.25, 0.3) is 0 Å². The molecule has 4 rings (SSSR count). The molecule has 1 aromatic rings. The Hall–Kier alpha value is -1.40. The van der Waals surface area contributed by atoms with Crippen LogP contribution in [0.2, 0.25) is 0 Å². The molecule has 6 heteroatoms. The van der Waals surface area contributed by atoms with E-state index in [9.17, 15) is 13.2 Å². The van der Waals surface area contributed by atoms with E-state index in [2.05, 4.69) is 20.8 Å². The number of nitrogens with zero attached hydrogens (tertiary/aromatic N) is 1. The normalized spacial score (nSPS) is 33.9. The van der Waals surface area contributed by atoms with Crippen molar-refractivity contribution in [3.8, 4) is 0 Å². The van der Waals surface area contributed by atoms with Gasteiger partial charge in [-0.3, -0.25) is 4.79 Å². The third-order valence-electron chi connectivity index (χ3n) is 7.83. The van der Waals surface area contributed by atoms with Crippen LogP contribution in [0.1, 0.15) is 51.2 Å². The number of nitrogens with two attached hydrogens (primary N) is 1. The molecule has 1 aromatic carbocycles. The van der Waals surface area contributed by atoms with Crippen molar-refractivity contribution in [2.45, 2.75) is 65.0 Å². The number of sulfonamides is 1. The Balaban J connectivity index is 1.58. The molecule has 0 aromatic heterocycles. The van der Waals surface area contributed by atoms with Crippen LogP contribution in [0.4, 0.5) is 0 Å². The van der Waals surface area contributed by atoms with Gasteiger partial charge in [-0.25, -0.2) is 12.7 Å². The molecule has 2 N–H and O–H groups in total. The lowest BCUT2D eigenvalue weighted by molar-refractivity contribution is -0.130. The van der Waals surface area contributed by atoms with Crippen LogP contribution >= 0.6 is 0 Å². The van der Waals surface area contributed by atoms with Gasteiger partial charge in [-0.2, -0.15) is 0 Å². The molecule has 1 amide bonds. The lowest BCUT2D eigenvalue weighted by Gasteiger charge is -2.37. The summed E-state index contributed by atoms with van der Waals surface area (Å²) in [4.78, 5) is 13.1. The summed E-state index contributed by atoms with van der Waals surface area (Å²) in [7, 11) is -3.60. The zero-order valence-electron chi connectivity index (χ0n) is 16.4. The number of aryl methyl sites for hydroxylation is 1. The molecule has 148 valence electrons. The number of carbonyl (C=O) groups is 1. The number of benzene rings is 1. The van der Waals surface area contributed by atoms with E-state index >= 15 is 0 Å². The first-order chi connectivity index (χ1) is 12.6. The standard InChI is InChI=1S/C21H30N2O3S/c1-4-14-5-7-15(8-6-14)11-17(22)19(24)23-18-12-16-9-10-21(18,20(16,2)3)13-27(23,25)26/h5-8,16-18H,4,9-13,22H2,1-3H3/t16-,17-,18-,21-/m0/s1. The molecule has 3 fully saturated rings. The lowest BCUT2D eigenvalue weighted by Crippen LogP contribution is -2.50. The predicted molar refractivity (Wildman–Crippen MR) is 105 cm³/mol. The summed E-state index contributed by atoms with van der Waals surface area (Å²) >= 11 is 0. The first-order valence-electron chi connectivity index (χ1n) is 10.0. The van der Waals surface area contributed by atoms with Crippen LogP contribution in [-0.2, 0) is 27.7 Å². The maximum atomic E-state index is 13.1. The van der Waals surface area contributed by atoms with Gasteiger partial charge in [-0.1, -0.05) is 45.0 Å². The van der Waals surface area contributed by atoms with Crippen molar-refractivity contribution >= 4 is 15.9 Å². The van der Waals surface area contributed by atoms with Gasteiger partial charge in [-0.05, 0) is 54.6 Å². The minimum Gasteiger partial charge on any atom is -0.320 e. The number of hydrogen-bond acceptors (Lipinski definition) is 4. The predicted octanol–water partition coefficient (Wildman–Crippen LogP) is 2.49. The molecule has 5 nitrogen and oxygen atoms in total. The van der Waals surface area contributed by atoms with Crippen LogP contribution in [0.15, 0.2) is 24.3 Å². The van der Waals surface area contributed by atoms with Crippen LogP contribution in [0.5, 0.6) is 0 Å². The first-order valence-corrected chi connectivity index (χ1v) is 11.6.